The number of hydrogen-bond donors (Lipinski definition) is 3. The van der Waals surface area contributed by atoms with Gasteiger partial charge in [-0.1, -0.05) is 30.3 Å². The van der Waals surface area contributed by atoms with Crippen LogP contribution in [-0.2, 0) is 16.4 Å². The summed E-state index contributed by atoms with van der Waals surface area (Å²) < 4.78 is 69.8. The van der Waals surface area contributed by atoms with Gasteiger partial charge in [-0.25, -0.2) is 35.9 Å². The van der Waals surface area contributed by atoms with E-state index in [-0.39, 0.29) is 28.1 Å². The monoisotopic (exact) mass is 569 g/mol. The van der Waals surface area contributed by atoms with Gasteiger partial charge in [0, 0.05) is 24.2 Å². The van der Waals surface area contributed by atoms with Crippen LogP contribution in [0.1, 0.15) is 33.2 Å². The van der Waals surface area contributed by atoms with Crippen LogP contribution in [0, 0.1) is 24.4 Å². The van der Waals surface area contributed by atoms with E-state index in [4.69, 9.17) is 0 Å². The second kappa shape index (κ2) is 11.6. The van der Waals surface area contributed by atoms with Gasteiger partial charge in [-0.05, 0) is 60.0 Å². The Labute approximate surface area is 227 Å². The highest BCUT2D eigenvalue weighted by Crippen LogP contribution is 2.29. The number of carbonyl (C=O) groups is 2. The third-order valence-corrected chi connectivity index (χ3v) is 7.49. The van der Waals surface area contributed by atoms with Crippen LogP contribution in [-0.4, -0.2) is 30.5 Å². The third-order valence-electron chi connectivity index (χ3n) is 6.00. The molecule has 0 saturated carbocycles. The van der Waals surface area contributed by atoms with Crippen molar-refractivity contribution in [3.8, 4) is 11.1 Å². The molecule has 0 fully saturated rings. The van der Waals surface area contributed by atoms with Crippen LogP contribution in [0.4, 0.5) is 18.0 Å². The van der Waals surface area contributed by atoms with E-state index in [1.165, 1.54) is 24.4 Å². The number of aromatic carboxylic acids is 1. The maximum atomic E-state index is 14.1. The number of rotatable bonds is 8. The van der Waals surface area contributed by atoms with Crippen LogP contribution in [0.15, 0.2) is 83.9 Å². The van der Waals surface area contributed by atoms with E-state index < -0.39 is 51.1 Å². The zero-order valence-corrected chi connectivity index (χ0v) is 21.7. The van der Waals surface area contributed by atoms with Crippen LogP contribution in [0.25, 0.3) is 11.1 Å². The molecule has 4 rings (SSSR count). The number of nitrogens with one attached hydrogen (secondary N) is 2. The van der Waals surface area contributed by atoms with Gasteiger partial charge in [0.25, 0.3) is 10.0 Å². The molecule has 0 aliphatic heterocycles. The normalized spacial score (nSPS) is 12.0. The van der Waals surface area contributed by atoms with E-state index in [0.717, 1.165) is 24.3 Å². The van der Waals surface area contributed by atoms with Crippen molar-refractivity contribution in [2.24, 2.45) is 0 Å². The third kappa shape index (κ3) is 6.46. The molecule has 1 aromatic heterocycles. The lowest BCUT2D eigenvalue weighted by Gasteiger charge is -2.21. The highest BCUT2D eigenvalue weighted by atomic mass is 32.2. The zero-order valence-electron chi connectivity index (χ0n) is 20.9. The first-order valence-corrected chi connectivity index (χ1v) is 13.2. The first kappa shape index (κ1) is 28.3. The highest BCUT2D eigenvalue weighted by molar-refractivity contribution is 7.90. The van der Waals surface area contributed by atoms with E-state index in [2.05, 4.69) is 10.3 Å². The molecular formula is C28H22F3N3O5S. The number of halogens is 3. The van der Waals surface area contributed by atoms with Crippen molar-refractivity contribution in [2.75, 3.05) is 0 Å². The fourth-order valence-corrected chi connectivity index (χ4v) is 5.33. The van der Waals surface area contributed by atoms with Gasteiger partial charge in [0.2, 0.25) is 0 Å². The fourth-order valence-electron chi connectivity index (χ4n) is 4.16. The lowest BCUT2D eigenvalue weighted by molar-refractivity contribution is 0.0692. The lowest BCUT2D eigenvalue weighted by atomic mass is 9.95. The average Bonchev–Trinajstić information content (AvgIpc) is 2.88. The second-order valence-electron chi connectivity index (χ2n) is 8.80. The number of carbonyl (C=O) groups excluding carboxylic acids is 1. The molecule has 40 heavy (non-hydrogen) atoms. The summed E-state index contributed by atoms with van der Waals surface area (Å²) in [7, 11) is -4.29. The van der Waals surface area contributed by atoms with Gasteiger partial charge in [0.15, 0.2) is 0 Å². The van der Waals surface area contributed by atoms with Crippen LogP contribution in [0.2, 0.25) is 0 Å². The van der Waals surface area contributed by atoms with Gasteiger partial charge < -0.3 is 10.4 Å². The molecular weight excluding hydrogens is 547 g/mol. The Morgan fingerprint density at radius 1 is 0.950 bits per heavy atom. The molecule has 0 bridgehead atoms. The summed E-state index contributed by atoms with van der Waals surface area (Å²) in [5, 5.41) is 11.8. The molecule has 2 amide bonds. The maximum Gasteiger partial charge on any atom is 0.338 e. The first-order chi connectivity index (χ1) is 18.9. The number of carboxylic acids is 1. The summed E-state index contributed by atoms with van der Waals surface area (Å²) in [4.78, 5) is 28.5. The Kier molecular flexibility index (Phi) is 8.19. The maximum absolute atomic E-state index is 14.1. The Morgan fingerprint density at radius 3 is 2.33 bits per heavy atom. The predicted octanol–water partition coefficient (Wildman–Crippen LogP) is 5.14. The SMILES string of the molecule is Cc1ccccc1S(=O)(=O)NC(=O)NC(Cc1ncccc1-c1ccc(F)c(C(=O)O)c1)c1cc(F)cc(F)c1. The highest BCUT2D eigenvalue weighted by Gasteiger charge is 2.24. The topological polar surface area (TPSA) is 125 Å². The first-order valence-electron chi connectivity index (χ1n) is 11.8. The molecule has 1 atom stereocenters. The van der Waals surface area contributed by atoms with Gasteiger partial charge in [-0.2, -0.15) is 0 Å². The van der Waals surface area contributed by atoms with Gasteiger partial charge in [-0.15, -0.1) is 0 Å². The molecule has 3 aromatic carbocycles. The lowest BCUT2D eigenvalue weighted by Crippen LogP contribution is -2.42. The largest absolute Gasteiger partial charge is 0.478 e. The molecule has 0 aliphatic rings. The van der Waals surface area contributed by atoms with Crippen molar-refractivity contribution >= 4 is 22.0 Å². The molecule has 0 saturated heterocycles. The number of hydrogen-bond acceptors (Lipinski definition) is 5. The van der Waals surface area contributed by atoms with Crippen molar-refractivity contribution < 1.29 is 36.3 Å². The number of aromatic nitrogens is 1. The second-order valence-corrected chi connectivity index (χ2v) is 10.5. The van der Waals surface area contributed by atoms with Crippen LogP contribution in [0.3, 0.4) is 0 Å². The number of benzene rings is 3. The Balaban J connectivity index is 1.70. The minimum Gasteiger partial charge on any atom is -0.478 e. The Morgan fingerprint density at radius 2 is 1.65 bits per heavy atom. The van der Waals surface area contributed by atoms with Gasteiger partial charge in [0.1, 0.15) is 17.5 Å². The fraction of sp³-hybridized carbons (Fsp3) is 0.107. The molecule has 8 nitrogen and oxygen atoms in total. The summed E-state index contributed by atoms with van der Waals surface area (Å²) in [6.45, 7) is 1.55. The number of carboxylic acid groups (broad SMARTS) is 1. The smallest absolute Gasteiger partial charge is 0.338 e. The molecule has 0 radical (unpaired) electrons. The number of urea groups is 1. The Hall–Kier alpha value is -4.71. The molecule has 1 unspecified atom stereocenters. The van der Waals surface area contributed by atoms with E-state index in [0.29, 0.717) is 17.2 Å². The minimum atomic E-state index is -4.29. The van der Waals surface area contributed by atoms with Crippen molar-refractivity contribution in [3.63, 3.8) is 0 Å². The number of amides is 2. The molecule has 4 aromatic rings. The van der Waals surface area contributed by atoms with Crippen molar-refractivity contribution in [1.29, 1.82) is 0 Å². The van der Waals surface area contributed by atoms with Crippen molar-refractivity contribution in [3.05, 3.63) is 119 Å². The molecule has 0 spiro atoms. The molecule has 0 aliphatic carbocycles. The van der Waals surface area contributed by atoms with Crippen molar-refractivity contribution in [1.82, 2.24) is 15.0 Å². The summed E-state index contributed by atoms with van der Waals surface area (Å²) in [5.74, 6) is -4.28. The number of nitrogens with zero attached hydrogens (tertiary/aromatic N) is 1. The molecule has 12 heteroatoms. The average molecular weight is 570 g/mol. The molecule has 206 valence electrons. The number of pyridine rings is 1. The quantitative estimate of drug-likeness (QED) is 0.270. The van der Waals surface area contributed by atoms with Gasteiger partial charge >= 0.3 is 12.0 Å². The van der Waals surface area contributed by atoms with E-state index >= 15 is 0 Å². The van der Waals surface area contributed by atoms with Crippen LogP contribution < -0.4 is 10.0 Å². The van der Waals surface area contributed by atoms with Crippen LogP contribution >= 0.6 is 0 Å². The van der Waals surface area contributed by atoms with Crippen LogP contribution in [0.5, 0.6) is 0 Å². The standard InChI is InChI=1S/C28H22F3N3O5S/c1-16-5-2-3-7-26(16)40(38,39)34-28(37)33-24(18-11-19(29)14-20(30)12-18)15-25-21(6-4-10-32-25)17-8-9-23(31)22(13-17)27(35)36/h2-14,24H,15H2,1H3,(H,35,36)(H2,33,34,37). The van der Waals surface area contributed by atoms with Gasteiger partial charge in [0.05, 0.1) is 22.2 Å². The number of sulfonamides is 1. The van der Waals surface area contributed by atoms with E-state index in [1.807, 2.05) is 4.72 Å². The predicted molar refractivity (Wildman–Crippen MR) is 139 cm³/mol. The Bertz CT molecular complexity index is 1690. The zero-order chi connectivity index (χ0) is 29.0. The van der Waals surface area contributed by atoms with Gasteiger partial charge in [-0.3, -0.25) is 4.98 Å². The molecule has 1 heterocycles. The van der Waals surface area contributed by atoms with E-state index in [1.54, 1.807) is 31.2 Å². The summed E-state index contributed by atoms with van der Waals surface area (Å²) in [5.41, 5.74) is 0.698. The summed E-state index contributed by atoms with van der Waals surface area (Å²) in [6.07, 6.45) is 1.21. The minimum absolute atomic E-state index is 0.0251. The summed E-state index contributed by atoms with van der Waals surface area (Å²) in [6, 6.07) is 12.8. The number of aryl methyl sites for hydroxylation is 1. The van der Waals surface area contributed by atoms with Crippen molar-refractivity contribution in [2.45, 2.75) is 24.3 Å². The summed E-state index contributed by atoms with van der Waals surface area (Å²) >= 11 is 0. The van der Waals surface area contributed by atoms with E-state index in [9.17, 15) is 36.3 Å². The molecule has 3 N–H and O–H groups in total.